The Hall–Kier alpha value is -2.61. The first-order chi connectivity index (χ1) is 10.1. The molecule has 0 aromatic heterocycles. The van der Waals surface area contributed by atoms with Gasteiger partial charge in [-0.15, -0.1) is 0 Å². The van der Waals surface area contributed by atoms with Crippen molar-refractivity contribution in [3.8, 4) is 0 Å². The van der Waals surface area contributed by atoms with Crippen LogP contribution in [0, 0.1) is 0 Å². The van der Waals surface area contributed by atoms with Crippen molar-refractivity contribution in [1.29, 1.82) is 0 Å². The highest BCUT2D eigenvalue weighted by Gasteiger charge is 2.20. The molecule has 0 fully saturated rings. The number of urea groups is 2. The van der Waals surface area contributed by atoms with E-state index in [4.69, 9.17) is 11.6 Å². The zero-order chi connectivity index (χ0) is 15.2. The van der Waals surface area contributed by atoms with Crippen molar-refractivity contribution in [3.63, 3.8) is 0 Å². The summed E-state index contributed by atoms with van der Waals surface area (Å²) in [6, 6.07) is 5.88. The summed E-state index contributed by atoms with van der Waals surface area (Å²) in [5.41, 5.74) is 8.16. The van der Waals surface area contributed by atoms with Crippen LogP contribution < -0.4 is 16.3 Å². The highest BCUT2D eigenvalue weighted by atomic mass is 35.5. The number of halogens is 1. The number of rotatable bonds is 3. The van der Waals surface area contributed by atoms with Crippen LogP contribution in [0.5, 0.6) is 0 Å². The second-order valence-corrected chi connectivity index (χ2v) is 4.59. The summed E-state index contributed by atoms with van der Waals surface area (Å²) in [6.07, 6.45) is 1.41. The van der Waals surface area contributed by atoms with E-state index in [0.29, 0.717) is 16.3 Å². The highest BCUT2D eigenvalue weighted by molar-refractivity contribution is 6.33. The lowest BCUT2D eigenvalue weighted by Crippen LogP contribution is -2.55. The molecule has 2 rings (SSSR count). The van der Waals surface area contributed by atoms with Gasteiger partial charge in [-0.3, -0.25) is 0 Å². The number of hydrogen-bond acceptors (Lipinski definition) is 4. The zero-order valence-corrected chi connectivity index (χ0v) is 11.9. The van der Waals surface area contributed by atoms with Crippen LogP contribution in [0.15, 0.2) is 34.5 Å². The normalized spacial score (nSPS) is 14.7. The molecule has 1 heterocycles. The van der Waals surface area contributed by atoms with E-state index in [1.807, 2.05) is 0 Å². The number of carbonyl (C=O) groups is 2. The van der Waals surface area contributed by atoms with Gasteiger partial charge in [-0.2, -0.15) is 10.2 Å². The molecule has 21 heavy (non-hydrogen) atoms. The van der Waals surface area contributed by atoms with Crippen molar-refractivity contribution in [3.05, 3.63) is 34.9 Å². The Kier molecular flexibility index (Phi) is 4.72. The van der Waals surface area contributed by atoms with E-state index >= 15 is 0 Å². The largest absolute Gasteiger partial charge is 0.356 e. The van der Waals surface area contributed by atoms with Gasteiger partial charge in [0.05, 0.1) is 18.5 Å². The number of benzene rings is 1. The summed E-state index contributed by atoms with van der Waals surface area (Å²) in [7, 11) is 0. The topological polar surface area (TPSA) is 98.2 Å². The first kappa shape index (κ1) is 14.8. The molecule has 3 N–H and O–H groups in total. The second kappa shape index (κ2) is 6.71. The molecule has 4 amide bonds. The van der Waals surface area contributed by atoms with E-state index < -0.39 is 12.1 Å². The number of nitrogens with one attached hydrogen (secondary N) is 3. The van der Waals surface area contributed by atoms with E-state index in [9.17, 15) is 9.59 Å². The summed E-state index contributed by atoms with van der Waals surface area (Å²) < 4.78 is 0. The predicted octanol–water partition coefficient (Wildman–Crippen LogP) is 1.29. The maximum atomic E-state index is 11.6. The number of amides is 4. The third kappa shape index (κ3) is 4.18. The van der Waals surface area contributed by atoms with Crippen LogP contribution >= 0.6 is 11.6 Å². The molecule has 8 nitrogen and oxygen atoms in total. The summed E-state index contributed by atoms with van der Waals surface area (Å²) in [4.78, 5) is 23.0. The Balaban J connectivity index is 1.87. The lowest BCUT2D eigenvalue weighted by Gasteiger charge is -2.25. The summed E-state index contributed by atoms with van der Waals surface area (Å²) >= 11 is 5.94. The van der Waals surface area contributed by atoms with Gasteiger partial charge in [0, 0.05) is 10.6 Å². The Morgan fingerprint density at radius 1 is 1.52 bits per heavy atom. The van der Waals surface area contributed by atoms with Crippen molar-refractivity contribution in [2.45, 2.75) is 6.92 Å². The second-order valence-electron chi connectivity index (χ2n) is 4.18. The van der Waals surface area contributed by atoms with Gasteiger partial charge in [-0.05, 0) is 13.0 Å². The van der Waals surface area contributed by atoms with Crippen LogP contribution in [-0.4, -0.2) is 35.5 Å². The molecule has 0 aliphatic carbocycles. The third-order valence-electron chi connectivity index (χ3n) is 2.49. The fourth-order valence-corrected chi connectivity index (χ4v) is 1.70. The Morgan fingerprint density at radius 3 is 3.05 bits per heavy atom. The molecule has 1 aromatic rings. The molecule has 9 heteroatoms. The molecule has 0 bridgehead atoms. The SMILES string of the molecule is CC1=NNC(=O)N(NC(=O)N/N=C/c2ccccc2Cl)C1. The van der Waals surface area contributed by atoms with Gasteiger partial charge < -0.3 is 0 Å². The minimum Gasteiger partial charge on any atom is -0.245 e. The smallest absolute Gasteiger partial charge is 0.245 e. The van der Waals surface area contributed by atoms with E-state index in [-0.39, 0.29) is 6.54 Å². The Morgan fingerprint density at radius 2 is 2.29 bits per heavy atom. The third-order valence-corrected chi connectivity index (χ3v) is 2.83. The molecule has 1 aliphatic rings. The van der Waals surface area contributed by atoms with Gasteiger partial charge in [0.25, 0.3) is 0 Å². The molecular formula is C12H13ClN6O2. The average molecular weight is 309 g/mol. The Bertz CT molecular complexity index is 616. The predicted molar refractivity (Wildman–Crippen MR) is 79.1 cm³/mol. The maximum absolute atomic E-state index is 11.6. The first-order valence-electron chi connectivity index (χ1n) is 6.01. The molecule has 1 aromatic carbocycles. The fourth-order valence-electron chi connectivity index (χ4n) is 1.52. The van der Waals surface area contributed by atoms with Crippen molar-refractivity contribution in [2.75, 3.05) is 6.54 Å². The van der Waals surface area contributed by atoms with Crippen LogP contribution in [0.1, 0.15) is 12.5 Å². The fraction of sp³-hybridized carbons (Fsp3) is 0.167. The van der Waals surface area contributed by atoms with Gasteiger partial charge in [0.15, 0.2) is 0 Å². The van der Waals surface area contributed by atoms with Crippen molar-refractivity contribution < 1.29 is 9.59 Å². The maximum Gasteiger partial charge on any atom is 0.356 e. The van der Waals surface area contributed by atoms with E-state index in [2.05, 4.69) is 26.5 Å². The van der Waals surface area contributed by atoms with Crippen LogP contribution in [0.25, 0.3) is 0 Å². The van der Waals surface area contributed by atoms with Crippen molar-refractivity contribution >= 4 is 35.6 Å². The van der Waals surface area contributed by atoms with Crippen LogP contribution in [0.4, 0.5) is 9.59 Å². The molecule has 0 radical (unpaired) electrons. The van der Waals surface area contributed by atoms with E-state index in [0.717, 1.165) is 5.01 Å². The van der Waals surface area contributed by atoms with Gasteiger partial charge in [0.2, 0.25) is 0 Å². The van der Waals surface area contributed by atoms with Crippen molar-refractivity contribution in [1.82, 2.24) is 21.3 Å². The molecule has 0 saturated heterocycles. The van der Waals surface area contributed by atoms with Crippen LogP contribution in [0.2, 0.25) is 5.02 Å². The molecule has 0 atom stereocenters. The number of hydrazone groups is 2. The lowest BCUT2D eigenvalue weighted by atomic mass is 10.2. The molecule has 1 aliphatic heterocycles. The Labute approximate surface area is 125 Å². The van der Waals surface area contributed by atoms with Gasteiger partial charge >= 0.3 is 12.1 Å². The molecular weight excluding hydrogens is 296 g/mol. The minimum atomic E-state index is -0.650. The van der Waals surface area contributed by atoms with Crippen LogP contribution in [0.3, 0.4) is 0 Å². The van der Waals surface area contributed by atoms with Crippen LogP contribution in [-0.2, 0) is 0 Å². The number of carbonyl (C=O) groups excluding carboxylic acids is 2. The summed E-state index contributed by atoms with van der Waals surface area (Å²) in [5, 5.41) is 9.10. The monoisotopic (exact) mass is 308 g/mol. The lowest BCUT2D eigenvalue weighted by molar-refractivity contribution is 0.173. The first-order valence-corrected chi connectivity index (χ1v) is 6.39. The highest BCUT2D eigenvalue weighted by Crippen LogP contribution is 2.11. The molecule has 0 spiro atoms. The quantitative estimate of drug-likeness (QED) is 0.579. The van der Waals surface area contributed by atoms with Crippen molar-refractivity contribution in [2.24, 2.45) is 10.2 Å². The number of nitrogens with zero attached hydrogens (tertiary/aromatic N) is 3. The minimum absolute atomic E-state index is 0.202. The molecule has 0 saturated carbocycles. The van der Waals surface area contributed by atoms with E-state index in [1.165, 1.54) is 6.21 Å². The van der Waals surface area contributed by atoms with E-state index in [1.54, 1.807) is 31.2 Å². The zero-order valence-electron chi connectivity index (χ0n) is 11.1. The summed E-state index contributed by atoms with van der Waals surface area (Å²) in [5.74, 6) is 0. The van der Waals surface area contributed by atoms with Gasteiger partial charge in [-0.25, -0.2) is 30.9 Å². The number of hydrogen-bond donors (Lipinski definition) is 3. The number of hydrazine groups is 1. The summed E-state index contributed by atoms with van der Waals surface area (Å²) in [6.45, 7) is 1.93. The standard InChI is InChI=1S/C12H13ClN6O2/c1-8-7-19(12(21)17-15-8)18-11(20)16-14-6-9-4-2-3-5-10(9)13/h2-6H,7H2,1H3,(H,17,21)(H2,16,18,20)/b14-6+. The van der Waals surface area contributed by atoms with Gasteiger partial charge in [-0.1, -0.05) is 29.8 Å². The van der Waals surface area contributed by atoms with Gasteiger partial charge in [0.1, 0.15) is 0 Å². The molecule has 110 valence electrons. The molecule has 0 unspecified atom stereocenters. The average Bonchev–Trinajstić information content (AvgIpc) is 2.45.